The zero-order valence-corrected chi connectivity index (χ0v) is 9.41. The van der Waals surface area contributed by atoms with Crippen molar-refractivity contribution in [2.24, 2.45) is 4.99 Å². The minimum Gasteiger partial charge on any atom is -0.323 e. The maximum Gasteiger partial charge on any atom is 0.244 e. The fourth-order valence-electron chi connectivity index (χ4n) is 1.50. The summed E-state index contributed by atoms with van der Waals surface area (Å²) in [4.78, 5) is 16.2. The second-order valence-corrected chi connectivity index (χ2v) is 4.24. The lowest BCUT2D eigenvalue weighted by Crippen LogP contribution is -2.29. The van der Waals surface area contributed by atoms with Gasteiger partial charge in [0.15, 0.2) is 0 Å². The number of benzene rings is 1. The van der Waals surface area contributed by atoms with Gasteiger partial charge in [0.25, 0.3) is 0 Å². The monoisotopic (exact) mass is 231 g/mol. The molecule has 0 bridgehead atoms. The first-order chi connectivity index (χ1) is 7.72. The van der Waals surface area contributed by atoms with Gasteiger partial charge in [0, 0.05) is 5.71 Å². The van der Waals surface area contributed by atoms with Gasteiger partial charge >= 0.3 is 0 Å². The zero-order valence-electron chi connectivity index (χ0n) is 8.60. The lowest BCUT2D eigenvalue weighted by Gasteiger charge is -2.08. The number of nitrogens with zero attached hydrogens (tertiary/aromatic N) is 2. The Morgan fingerprint density at radius 1 is 1.50 bits per heavy atom. The van der Waals surface area contributed by atoms with Crippen molar-refractivity contribution in [3.63, 3.8) is 0 Å². The van der Waals surface area contributed by atoms with Crippen molar-refractivity contribution < 1.29 is 4.79 Å². The van der Waals surface area contributed by atoms with Crippen LogP contribution < -0.4 is 5.32 Å². The lowest BCUT2D eigenvalue weighted by atomic mass is 10.3. The number of anilines is 1. The van der Waals surface area contributed by atoms with E-state index in [2.05, 4.69) is 10.3 Å². The van der Waals surface area contributed by atoms with Crippen molar-refractivity contribution in [3.05, 3.63) is 24.3 Å². The Kier molecular flexibility index (Phi) is 2.93. The van der Waals surface area contributed by atoms with Crippen LogP contribution in [-0.4, -0.2) is 16.9 Å². The van der Waals surface area contributed by atoms with Gasteiger partial charge < -0.3 is 5.32 Å². The molecule has 1 aliphatic heterocycles. The third-order valence-electron chi connectivity index (χ3n) is 2.25. The van der Waals surface area contributed by atoms with Crippen LogP contribution in [0.1, 0.15) is 6.92 Å². The van der Waals surface area contributed by atoms with E-state index in [4.69, 9.17) is 5.26 Å². The summed E-state index contributed by atoms with van der Waals surface area (Å²) >= 11 is 0.915. The molecule has 80 valence electrons. The van der Waals surface area contributed by atoms with Crippen LogP contribution in [0.15, 0.2) is 29.3 Å². The van der Waals surface area contributed by atoms with Gasteiger partial charge in [-0.05, 0) is 30.8 Å². The lowest BCUT2D eigenvalue weighted by molar-refractivity contribution is -0.114. The molecule has 1 atom stereocenters. The molecule has 1 amide bonds. The summed E-state index contributed by atoms with van der Waals surface area (Å²) in [5.41, 5.74) is 2.07. The van der Waals surface area contributed by atoms with Gasteiger partial charge in [0.05, 0.1) is 11.4 Å². The van der Waals surface area contributed by atoms with Crippen molar-refractivity contribution in [2.75, 3.05) is 5.32 Å². The number of aliphatic imine (C=N–C) groups is 1. The molecule has 0 aromatic heterocycles. The minimum absolute atomic E-state index is 0.197. The zero-order chi connectivity index (χ0) is 11.5. The Hall–Kier alpha value is -1.80. The number of hydrogen-bond donors (Lipinski definition) is 1. The van der Waals surface area contributed by atoms with E-state index in [1.165, 1.54) is 0 Å². The fourth-order valence-corrected chi connectivity index (χ4v) is 2.00. The molecule has 0 aliphatic carbocycles. The quantitative estimate of drug-likeness (QED) is 0.754. The molecule has 0 saturated carbocycles. The number of carbonyl (C=O) groups excluding carboxylic acids is 1. The van der Waals surface area contributed by atoms with Gasteiger partial charge in [-0.25, -0.2) is 0 Å². The van der Waals surface area contributed by atoms with E-state index >= 15 is 0 Å². The van der Waals surface area contributed by atoms with E-state index in [0.717, 1.165) is 17.4 Å². The van der Waals surface area contributed by atoms with Crippen LogP contribution in [0.5, 0.6) is 0 Å². The van der Waals surface area contributed by atoms with Crippen LogP contribution in [0, 0.1) is 10.7 Å². The molecule has 2 rings (SSSR count). The highest BCUT2D eigenvalue weighted by Crippen LogP contribution is 2.29. The molecule has 0 saturated heterocycles. The fraction of sp³-hybridized carbons (Fsp3) is 0.182. The van der Waals surface area contributed by atoms with Gasteiger partial charge in [-0.2, -0.15) is 5.26 Å². The van der Waals surface area contributed by atoms with Crippen molar-refractivity contribution >= 4 is 34.8 Å². The molecular weight excluding hydrogens is 222 g/mol. The number of nitriles is 1. The second kappa shape index (κ2) is 4.37. The molecule has 16 heavy (non-hydrogen) atoms. The number of para-hydroxylation sites is 2. The number of amides is 1. The number of hydrogen-bond acceptors (Lipinski definition) is 4. The number of thiocyanates is 1. The van der Waals surface area contributed by atoms with Crippen molar-refractivity contribution in [1.82, 2.24) is 0 Å². The highest BCUT2D eigenvalue weighted by Gasteiger charge is 2.26. The minimum atomic E-state index is -0.530. The molecule has 5 heteroatoms. The summed E-state index contributed by atoms with van der Waals surface area (Å²) in [5, 5.41) is 12.8. The molecule has 0 fully saturated rings. The summed E-state index contributed by atoms with van der Waals surface area (Å²) in [6.07, 6.45) is 0. The van der Waals surface area contributed by atoms with Crippen LogP contribution in [0.3, 0.4) is 0 Å². The number of fused-ring (bicyclic) bond motifs is 1. The number of rotatable bonds is 1. The molecule has 1 aliphatic rings. The number of carbonyl (C=O) groups is 1. The van der Waals surface area contributed by atoms with Crippen LogP contribution in [0.25, 0.3) is 0 Å². The van der Waals surface area contributed by atoms with E-state index in [9.17, 15) is 4.79 Å². The Labute approximate surface area is 97.4 Å². The normalized spacial score (nSPS) is 18.9. The predicted molar refractivity (Wildman–Crippen MR) is 64.8 cm³/mol. The SMILES string of the molecule is CC1=Nc2ccccc2NC(=O)C1SC#N. The topological polar surface area (TPSA) is 65.2 Å². The molecule has 0 spiro atoms. The first-order valence-corrected chi connectivity index (χ1v) is 5.60. The molecule has 1 heterocycles. The number of thioether (sulfide) groups is 1. The average molecular weight is 231 g/mol. The molecule has 4 nitrogen and oxygen atoms in total. The smallest absolute Gasteiger partial charge is 0.244 e. The Morgan fingerprint density at radius 3 is 3.00 bits per heavy atom. The maximum atomic E-state index is 11.8. The first-order valence-electron chi connectivity index (χ1n) is 4.72. The van der Waals surface area contributed by atoms with E-state index in [-0.39, 0.29) is 5.91 Å². The van der Waals surface area contributed by atoms with Crippen molar-refractivity contribution in [3.8, 4) is 5.40 Å². The summed E-state index contributed by atoms with van der Waals surface area (Å²) in [5.74, 6) is -0.197. The van der Waals surface area contributed by atoms with Crippen molar-refractivity contribution in [1.29, 1.82) is 5.26 Å². The van der Waals surface area contributed by atoms with Gasteiger partial charge in [-0.15, -0.1) is 0 Å². The largest absolute Gasteiger partial charge is 0.323 e. The predicted octanol–water partition coefficient (Wildman–Crippen LogP) is 2.31. The molecule has 1 N–H and O–H groups in total. The van der Waals surface area contributed by atoms with E-state index in [1.54, 1.807) is 13.0 Å². The standard InChI is InChI=1S/C11H9N3OS/c1-7-10(16-6-12)11(15)14-9-5-3-2-4-8(9)13-7/h2-5,10H,1H3,(H,14,15). The van der Waals surface area contributed by atoms with E-state index in [0.29, 0.717) is 11.4 Å². The highest BCUT2D eigenvalue weighted by molar-refractivity contribution is 8.05. The third-order valence-corrected chi connectivity index (χ3v) is 3.14. The summed E-state index contributed by atoms with van der Waals surface area (Å²) < 4.78 is 0. The van der Waals surface area contributed by atoms with Crippen molar-refractivity contribution in [2.45, 2.75) is 12.2 Å². The highest BCUT2D eigenvalue weighted by atomic mass is 32.2. The Bertz CT molecular complexity index is 504. The molecular formula is C11H9N3OS. The van der Waals surface area contributed by atoms with Gasteiger partial charge in [-0.1, -0.05) is 12.1 Å². The van der Waals surface area contributed by atoms with Crippen LogP contribution in [0.4, 0.5) is 11.4 Å². The van der Waals surface area contributed by atoms with Crippen LogP contribution in [0.2, 0.25) is 0 Å². The summed E-state index contributed by atoms with van der Waals surface area (Å²) in [6.45, 7) is 1.76. The van der Waals surface area contributed by atoms with E-state index in [1.807, 2.05) is 23.6 Å². The van der Waals surface area contributed by atoms with Crippen LogP contribution >= 0.6 is 11.8 Å². The van der Waals surface area contributed by atoms with Gasteiger partial charge in [-0.3, -0.25) is 9.79 Å². The Balaban J connectivity index is 2.44. The molecule has 1 aromatic rings. The Morgan fingerprint density at radius 2 is 2.25 bits per heavy atom. The second-order valence-electron chi connectivity index (χ2n) is 3.35. The number of nitrogens with one attached hydrogen (secondary N) is 1. The maximum absolute atomic E-state index is 11.8. The van der Waals surface area contributed by atoms with Gasteiger partial charge in [0.1, 0.15) is 10.7 Å². The third kappa shape index (κ3) is 1.92. The average Bonchev–Trinajstić information content (AvgIpc) is 2.38. The summed E-state index contributed by atoms with van der Waals surface area (Å²) in [7, 11) is 0. The molecule has 0 radical (unpaired) electrons. The molecule has 1 aromatic carbocycles. The van der Waals surface area contributed by atoms with E-state index < -0.39 is 5.25 Å². The molecule has 1 unspecified atom stereocenters. The van der Waals surface area contributed by atoms with Crippen LogP contribution in [-0.2, 0) is 4.79 Å². The first kappa shape index (κ1) is 10.7. The summed E-state index contributed by atoms with van der Waals surface area (Å²) in [6, 6.07) is 7.32. The van der Waals surface area contributed by atoms with Gasteiger partial charge in [0.2, 0.25) is 5.91 Å².